The monoisotopic (exact) mass is 495 g/mol. The van der Waals surface area contributed by atoms with E-state index >= 15 is 0 Å². The van der Waals surface area contributed by atoms with Crippen LogP contribution in [0.5, 0.6) is 0 Å². The molecule has 0 bridgehead atoms. The fourth-order valence-electron chi connectivity index (χ4n) is 6.69. The van der Waals surface area contributed by atoms with E-state index in [-0.39, 0.29) is 12.5 Å². The zero-order valence-corrected chi connectivity index (χ0v) is 21.1. The first-order chi connectivity index (χ1) is 18.1. The second kappa shape index (κ2) is 10.0. The summed E-state index contributed by atoms with van der Waals surface area (Å²) in [5.41, 5.74) is 11.2. The first-order valence-corrected chi connectivity index (χ1v) is 13.6. The van der Waals surface area contributed by atoms with Gasteiger partial charge in [0, 0.05) is 12.3 Å². The summed E-state index contributed by atoms with van der Waals surface area (Å²) in [5.74, 6) is -1.08. The van der Waals surface area contributed by atoms with Crippen molar-refractivity contribution in [1.29, 1.82) is 0 Å². The van der Waals surface area contributed by atoms with Crippen molar-refractivity contribution in [2.75, 3.05) is 6.61 Å². The average molecular weight is 496 g/mol. The molecule has 1 unspecified atom stereocenters. The van der Waals surface area contributed by atoms with Crippen LogP contribution in [0, 0.1) is 0 Å². The van der Waals surface area contributed by atoms with Gasteiger partial charge in [0.1, 0.15) is 12.6 Å². The highest BCUT2D eigenvalue weighted by Crippen LogP contribution is 2.44. The number of hydrogen-bond donors (Lipinski definition) is 2. The third-order valence-corrected chi connectivity index (χ3v) is 8.44. The van der Waals surface area contributed by atoms with Crippen molar-refractivity contribution in [2.24, 2.45) is 0 Å². The van der Waals surface area contributed by atoms with E-state index in [9.17, 15) is 14.7 Å². The van der Waals surface area contributed by atoms with Crippen LogP contribution in [0.3, 0.4) is 0 Å². The highest BCUT2D eigenvalue weighted by molar-refractivity contribution is 5.81. The molecule has 0 fully saturated rings. The van der Waals surface area contributed by atoms with E-state index < -0.39 is 18.1 Å². The van der Waals surface area contributed by atoms with Crippen molar-refractivity contribution in [3.8, 4) is 11.1 Å². The van der Waals surface area contributed by atoms with E-state index in [1.165, 1.54) is 40.7 Å². The molecule has 2 N–H and O–H groups in total. The van der Waals surface area contributed by atoms with Crippen LogP contribution in [0.15, 0.2) is 54.6 Å². The number of ether oxygens (including phenoxy) is 1. The van der Waals surface area contributed by atoms with E-state index in [0.717, 1.165) is 60.8 Å². The number of carboxylic acid groups (broad SMARTS) is 1. The zero-order chi connectivity index (χ0) is 25.4. The summed E-state index contributed by atoms with van der Waals surface area (Å²) in [5, 5.41) is 12.8. The summed E-state index contributed by atoms with van der Waals surface area (Å²) in [7, 11) is 0. The first kappa shape index (κ1) is 23.8. The maximum atomic E-state index is 12.9. The molecule has 3 aromatic rings. The SMILES string of the molecule is O=C(NC(Cc1c2c(cc3c1CCCC3)CCCC2)C(=O)O)OCC1c2ccccc2-c2ccccc21. The Morgan fingerprint density at radius 3 is 1.95 bits per heavy atom. The Morgan fingerprint density at radius 2 is 1.38 bits per heavy atom. The Labute approximate surface area is 217 Å². The minimum atomic E-state index is -1.02. The molecule has 3 aliphatic rings. The van der Waals surface area contributed by atoms with Crippen LogP contribution in [0.1, 0.15) is 70.5 Å². The second-order valence-electron chi connectivity index (χ2n) is 10.6. The van der Waals surface area contributed by atoms with Crippen molar-refractivity contribution < 1.29 is 19.4 Å². The molecule has 0 radical (unpaired) electrons. The number of benzene rings is 3. The largest absolute Gasteiger partial charge is 0.480 e. The van der Waals surface area contributed by atoms with Gasteiger partial charge in [0.05, 0.1) is 0 Å². The van der Waals surface area contributed by atoms with E-state index in [2.05, 4.69) is 35.6 Å². The standard InChI is InChI=1S/C32H33NO4/c34-31(35)30(18-28-22-11-3-1-9-20(22)17-21-10-2-4-12-23(21)28)33-32(36)37-19-29-26-15-7-5-13-24(26)25-14-6-8-16-27(25)29/h5-8,13-17,29-30H,1-4,9-12,18-19H2,(H,33,36)(H,34,35). The van der Waals surface area contributed by atoms with Gasteiger partial charge < -0.3 is 15.2 Å². The van der Waals surface area contributed by atoms with Gasteiger partial charge in [-0.3, -0.25) is 0 Å². The lowest BCUT2D eigenvalue weighted by atomic mass is 9.77. The summed E-state index contributed by atoms with van der Waals surface area (Å²) in [6.07, 6.45) is 8.40. The molecular weight excluding hydrogens is 462 g/mol. The van der Waals surface area contributed by atoms with Gasteiger partial charge in [0.15, 0.2) is 0 Å². The third kappa shape index (κ3) is 4.52. The number of fused-ring (bicyclic) bond motifs is 5. The van der Waals surface area contributed by atoms with E-state index in [1.54, 1.807) is 0 Å². The fourth-order valence-corrected chi connectivity index (χ4v) is 6.69. The number of hydrogen-bond acceptors (Lipinski definition) is 3. The summed E-state index contributed by atoms with van der Waals surface area (Å²) in [6.45, 7) is 0.169. The molecule has 5 nitrogen and oxygen atoms in total. The summed E-state index contributed by atoms with van der Waals surface area (Å²) in [6, 6.07) is 17.7. The van der Waals surface area contributed by atoms with E-state index in [0.29, 0.717) is 6.42 Å². The molecule has 0 saturated carbocycles. The molecule has 5 heteroatoms. The summed E-state index contributed by atoms with van der Waals surface area (Å²) < 4.78 is 5.67. The topological polar surface area (TPSA) is 75.6 Å². The van der Waals surface area contributed by atoms with E-state index in [4.69, 9.17) is 4.74 Å². The molecule has 0 aliphatic heterocycles. The van der Waals surface area contributed by atoms with E-state index in [1.807, 2.05) is 24.3 Å². The predicted molar refractivity (Wildman–Crippen MR) is 143 cm³/mol. The average Bonchev–Trinajstić information content (AvgIpc) is 3.25. The van der Waals surface area contributed by atoms with Crippen LogP contribution < -0.4 is 5.32 Å². The number of aryl methyl sites for hydroxylation is 2. The zero-order valence-electron chi connectivity index (χ0n) is 21.1. The van der Waals surface area contributed by atoms with Crippen molar-refractivity contribution in [3.05, 3.63) is 93.5 Å². The van der Waals surface area contributed by atoms with Gasteiger partial charge in [0.2, 0.25) is 0 Å². The highest BCUT2D eigenvalue weighted by Gasteiger charge is 2.31. The Morgan fingerprint density at radius 1 is 0.838 bits per heavy atom. The Kier molecular flexibility index (Phi) is 6.45. The number of aliphatic carboxylic acids is 1. The molecule has 1 amide bonds. The van der Waals surface area contributed by atoms with Crippen molar-refractivity contribution in [3.63, 3.8) is 0 Å². The Balaban J connectivity index is 1.20. The number of rotatable bonds is 6. The third-order valence-electron chi connectivity index (χ3n) is 8.44. The number of alkyl carbamates (subject to hydrolysis) is 1. The molecule has 190 valence electrons. The van der Waals surface area contributed by atoms with Gasteiger partial charge in [-0.15, -0.1) is 0 Å². The maximum Gasteiger partial charge on any atom is 0.407 e. The van der Waals surface area contributed by atoms with Gasteiger partial charge in [-0.25, -0.2) is 9.59 Å². The van der Waals surface area contributed by atoms with Crippen LogP contribution in [0.4, 0.5) is 4.79 Å². The number of nitrogens with one attached hydrogen (secondary N) is 1. The van der Waals surface area contributed by atoms with Crippen LogP contribution in [-0.4, -0.2) is 29.8 Å². The van der Waals surface area contributed by atoms with Crippen LogP contribution in [0.2, 0.25) is 0 Å². The van der Waals surface area contributed by atoms with Crippen molar-refractivity contribution in [2.45, 2.75) is 69.7 Å². The van der Waals surface area contributed by atoms with Crippen LogP contribution in [-0.2, 0) is 41.6 Å². The normalized spacial score (nSPS) is 16.6. The Bertz CT molecular complexity index is 1280. The quantitative estimate of drug-likeness (QED) is 0.441. The van der Waals surface area contributed by atoms with Crippen molar-refractivity contribution in [1.82, 2.24) is 5.32 Å². The minimum Gasteiger partial charge on any atom is -0.480 e. The summed E-state index contributed by atoms with van der Waals surface area (Å²) in [4.78, 5) is 25.2. The number of carboxylic acids is 1. The molecule has 0 aromatic heterocycles. The van der Waals surface area contributed by atoms with Gasteiger partial charge in [0.25, 0.3) is 0 Å². The number of amides is 1. The van der Waals surface area contributed by atoms with Crippen molar-refractivity contribution >= 4 is 12.1 Å². The molecule has 0 saturated heterocycles. The predicted octanol–water partition coefficient (Wildman–Crippen LogP) is 5.98. The van der Waals surface area contributed by atoms with Gasteiger partial charge in [-0.1, -0.05) is 54.6 Å². The molecule has 3 aliphatic carbocycles. The summed E-state index contributed by atoms with van der Waals surface area (Å²) >= 11 is 0. The van der Waals surface area contributed by atoms with Gasteiger partial charge >= 0.3 is 12.1 Å². The van der Waals surface area contributed by atoms with Crippen LogP contribution >= 0.6 is 0 Å². The molecule has 0 heterocycles. The maximum absolute atomic E-state index is 12.9. The molecule has 37 heavy (non-hydrogen) atoms. The number of carbonyl (C=O) groups is 2. The lowest BCUT2D eigenvalue weighted by molar-refractivity contribution is -0.139. The molecule has 0 spiro atoms. The van der Waals surface area contributed by atoms with Gasteiger partial charge in [-0.05, 0) is 101 Å². The fraction of sp³-hybridized carbons (Fsp3) is 0.375. The molecule has 6 rings (SSSR count). The number of carbonyl (C=O) groups excluding carboxylic acids is 1. The molecule has 1 atom stereocenters. The second-order valence-corrected chi connectivity index (χ2v) is 10.6. The smallest absolute Gasteiger partial charge is 0.407 e. The highest BCUT2D eigenvalue weighted by atomic mass is 16.5. The Hall–Kier alpha value is -3.60. The molecular formula is C32H33NO4. The molecule has 3 aromatic carbocycles. The lowest BCUT2D eigenvalue weighted by Gasteiger charge is -2.29. The van der Waals surface area contributed by atoms with Gasteiger partial charge in [-0.2, -0.15) is 0 Å². The minimum absolute atomic E-state index is 0.0606. The lowest BCUT2D eigenvalue weighted by Crippen LogP contribution is -2.43. The first-order valence-electron chi connectivity index (χ1n) is 13.6. The van der Waals surface area contributed by atoms with Crippen LogP contribution in [0.25, 0.3) is 11.1 Å².